The molecule has 0 aliphatic heterocycles. The van der Waals surface area contributed by atoms with Gasteiger partial charge in [0.25, 0.3) is 0 Å². The molecular formula is C48H64BCl2NSi2Zr. The van der Waals surface area contributed by atoms with Crippen molar-refractivity contribution in [2.24, 2.45) is 0 Å². The summed E-state index contributed by atoms with van der Waals surface area (Å²) in [5, 5.41) is 5.55. The van der Waals surface area contributed by atoms with Crippen LogP contribution in [0.5, 0.6) is 0 Å². The number of hydrogen-bond acceptors (Lipinski definition) is 1. The summed E-state index contributed by atoms with van der Waals surface area (Å²) in [6.45, 7) is 27.0. The van der Waals surface area contributed by atoms with Crippen molar-refractivity contribution < 1.29 is 20.8 Å². The second-order valence-electron chi connectivity index (χ2n) is 16.8. The Morgan fingerprint density at radius 2 is 0.891 bits per heavy atom. The van der Waals surface area contributed by atoms with Crippen LogP contribution >= 0.6 is 17.0 Å². The van der Waals surface area contributed by atoms with Gasteiger partial charge in [0.15, 0.2) is 7.98 Å². The van der Waals surface area contributed by atoms with Gasteiger partial charge in [-0.25, -0.2) is 0 Å². The number of hydrogen-bond donors (Lipinski definition) is 0. The quantitative estimate of drug-likeness (QED) is 0.0979. The van der Waals surface area contributed by atoms with Gasteiger partial charge in [0.1, 0.15) is 16.5 Å². The van der Waals surface area contributed by atoms with E-state index in [2.05, 4.69) is 182 Å². The standard InChI is InChI=1S/2C21H23.C6H18BNSi2.2ClH.Zr/c2*1-4-5-9-17-13-18-10-7-12-20(21(18)14-17)19-11-6-8-15(2)16(19)3;1-9(2,3)8(7)10(4,5)6;;;/h2*6-8,10-14H,4-5,9H2,1-3H3;1-6H3;2*1H;/q2*-1;;;;+4/p-2. The van der Waals surface area contributed by atoms with Crippen LogP contribution in [0.1, 0.15) is 72.9 Å². The molecule has 0 aliphatic rings. The van der Waals surface area contributed by atoms with Crippen LogP contribution < -0.4 is 0 Å². The van der Waals surface area contributed by atoms with Gasteiger partial charge in [0, 0.05) is 0 Å². The number of fused-ring (bicyclic) bond motifs is 2. The zero-order valence-corrected chi connectivity index (χ0v) is 41.7. The van der Waals surface area contributed by atoms with Gasteiger partial charge in [0.2, 0.25) is 0 Å². The molecular weight excluding hydrogens is 820 g/mol. The van der Waals surface area contributed by atoms with Crippen LogP contribution in [0.15, 0.2) is 97.1 Å². The van der Waals surface area contributed by atoms with Gasteiger partial charge in [-0.1, -0.05) is 138 Å². The summed E-state index contributed by atoms with van der Waals surface area (Å²) in [5.74, 6) is 0. The molecule has 55 heavy (non-hydrogen) atoms. The molecule has 0 atom stereocenters. The number of nitrogens with zero attached hydrogens (tertiary/aromatic N) is 1. The zero-order chi connectivity index (χ0) is 40.9. The second-order valence-corrected chi connectivity index (χ2v) is 30.7. The average molecular weight is 884 g/mol. The van der Waals surface area contributed by atoms with Gasteiger partial charge in [-0.05, 0) is 73.9 Å². The third-order valence-electron chi connectivity index (χ3n) is 10.5. The SMILES string of the molecule is CCCCc1cc2c(-c3cccc(C)c3C)cccc2[cH-]1.CCCCc1cc2c(-c3cccc(C)c3C)cccc2[cH-]1.[B]N([Si](C)(C)C)[Si](C)(C)C.[Cl][Zr+2][Cl]. The molecule has 0 bridgehead atoms. The number of aryl methyl sites for hydroxylation is 4. The van der Waals surface area contributed by atoms with Crippen molar-refractivity contribution in [3.8, 4) is 22.3 Å². The van der Waals surface area contributed by atoms with Gasteiger partial charge < -0.3 is 4.14 Å². The van der Waals surface area contributed by atoms with Gasteiger partial charge in [-0.2, -0.15) is 12.1 Å². The molecule has 0 fully saturated rings. The molecule has 0 saturated carbocycles. The number of unbranched alkanes of at least 4 members (excludes halogenated alkanes) is 2. The first-order valence-electron chi connectivity index (χ1n) is 20.0. The first-order valence-corrected chi connectivity index (χ1v) is 33.2. The van der Waals surface area contributed by atoms with E-state index < -0.39 is 37.3 Å². The average Bonchev–Trinajstić information content (AvgIpc) is 3.76. The second kappa shape index (κ2) is 22.2. The van der Waals surface area contributed by atoms with E-state index in [1.165, 1.54) is 116 Å². The van der Waals surface area contributed by atoms with E-state index in [-0.39, 0.29) is 0 Å². The predicted octanol–water partition coefficient (Wildman–Crippen LogP) is 15.8. The maximum atomic E-state index is 5.98. The maximum absolute atomic E-state index is 5.98. The van der Waals surface area contributed by atoms with Crippen molar-refractivity contribution in [2.75, 3.05) is 0 Å². The van der Waals surface area contributed by atoms with E-state index in [1.54, 1.807) is 0 Å². The Bertz CT molecular complexity index is 1940. The van der Waals surface area contributed by atoms with Gasteiger partial charge in [0.05, 0.1) is 0 Å². The van der Waals surface area contributed by atoms with E-state index in [0.717, 1.165) is 0 Å². The molecule has 0 heterocycles. The fourth-order valence-electron chi connectivity index (χ4n) is 7.21. The third-order valence-corrected chi connectivity index (χ3v) is 17.4. The molecule has 0 unspecified atom stereocenters. The molecule has 0 spiro atoms. The summed E-state index contributed by atoms with van der Waals surface area (Å²) in [5.41, 5.74) is 13.9. The molecule has 0 aliphatic carbocycles. The summed E-state index contributed by atoms with van der Waals surface area (Å²) < 4.78 is 2.15. The van der Waals surface area contributed by atoms with Crippen molar-refractivity contribution in [1.29, 1.82) is 0 Å². The zero-order valence-electron chi connectivity index (χ0n) is 35.8. The Hall–Kier alpha value is -1.98. The number of benzene rings is 4. The molecule has 0 aromatic heterocycles. The molecule has 0 amide bonds. The van der Waals surface area contributed by atoms with Crippen LogP contribution in [-0.2, 0) is 33.7 Å². The van der Waals surface area contributed by atoms with Gasteiger partial charge >= 0.3 is 37.9 Å². The Kier molecular flexibility index (Phi) is 19.2. The van der Waals surface area contributed by atoms with E-state index in [0.29, 0.717) is 0 Å². The Morgan fingerprint density at radius 1 is 0.564 bits per heavy atom. The van der Waals surface area contributed by atoms with Gasteiger partial charge in [-0.15, -0.1) is 69.1 Å². The van der Waals surface area contributed by atoms with Crippen molar-refractivity contribution in [2.45, 2.75) is 119 Å². The fourth-order valence-corrected chi connectivity index (χ4v) is 15.3. The van der Waals surface area contributed by atoms with Crippen LogP contribution in [0.25, 0.3) is 43.8 Å². The molecule has 0 saturated heterocycles. The molecule has 7 heteroatoms. The molecule has 0 N–H and O–H groups in total. The van der Waals surface area contributed by atoms with Crippen molar-refractivity contribution >= 4 is 63.0 Å². The van der Waals surface area contributed by atoms with Crippen LogP contribution in [-0.4, -0.2) is 28.6 Å². The molecule has 6 aromatic rings. The Balaban J connectivity index is 0.000000227. The minimum absolute atomic E-state index is 0.826. The third kappa shape index (κ3) is 13.5. The summed E-state index contributed by atoms with van der Waals surface area (Å²) in [7, 11) is 13.4. The monoisotopic (exact) mass is 881 g/mol. The van der Waals surface area contributed by atoms with E-state index in [1.807, 2.05) is 0 Å². The summed E-state index contributed by atoms with van der Waals surface area (Å²) in [4.78, 5) is 0. The van der Waals surface area contributed by atoms with Crippen molar-refractivity contribution in [1.82, 2.24) is 4.14 Å². The normalized spacial score (nSPS) is 11.3. The number of halogens is 2. The summed E-state index contributed by atoms with van der Waals surface area (Å²) >= 11 is -0.826. The number of rotatable bonds is 10. The van der Waals surface area contributed by atoms with Crippen LogP contribution in [0.2, 0.25) is 39.3 Å². The summed E-state index contributed by atoms with van der Waals surface area (Å²) in [6.07, 6.45) is 7.44. The Labute approximate surface area is 357 Å². The van der Waals surface area contributed by atoms with Gasteiger partial charge in [-0.3, -0.25) is 0 Å². The molecule has 1 nitrogen and oxygen atoms in total. The minimum atomic E-state index is -1.22. The summed E-state index contributed by atoms with van der Waals surface area (Å²) in [6, 6.07) is 36.1. The van der Waals surface area contributed by atoms with E-state index in [9.17, 15) is 0 Å². The topological polar surface area (TPSA) is 3.24 Å². The van der Waals surface area contributed by atoms with Crippen LogP contribution in [0, 0.1) is 27.7 Å². The predicted molar refractivity (Wildman–Crippen MR) is 252 cm³/mol. The van der Waals surface area contributed by atoms with Crippen molar-refractivity contribution in [3.05, 3.63) is 130 Å². The molecule has 6 aromatic carbocycles. The van der Waals surface area contributed by atoms with Crippen LogP contribution in [0.4, 0.5) is 0 Å². The van der Waals surface area contributed by atoms with Crippen molar-refractivity contribution in [3.63, 3.8) is 0 Å². The molecule has 6 rings (SSSR count). The first-order chi connectivity index (χ1) is 26.0. The van der Waals surface area contributed by atoms with Crippen LogP contribution in [0.3, 0.4) is 0 Å². The Morgan fingerprint density at radius 3 is 1.20 bits per heavy atom. The first kappa shape index (κ1) is 47.4. The van der Waals surface area contributed by atoms with E-state index in [4.69, 9.17) is 25.0 Å². The molecule has 290 valence electrons. The molecule has 2 radical (unpaired) electrons. The van der Waals surface area contributed by atoms with E-state index >= 15 is 0 Å². The fraction of sp³-hybridized carbons (Fsp3) is 0.375.